The van der Waals surface area contributed by atoms with Crippen molar-refractivity contribution in [3.63, 3.8) is 0 Å². The minimum atomic E-state index is -0.321. The fourth-order valence-corrected chi connectivity index (χ4v) is 4.67. The van der Waals surface area contributed by atoms with Crippen molar-refractivity contribution in [2.24, 2.45) is 0 Å². The van der Waals surface area contributed by atoms with Crippen LogP contribution in [0.5, 0.6) is 0 Å². The van der Waals surface area contributed by atoms with Gasteiger partial charge in [-0.1, -0.05) is 48.0 Å². The molecule has 0 spiro atoms. The third-order valence-corrected chi connectivity index (χ3v) is 6.14. The minimum Gasteiger partial charge on any atom is -0.289 e. The second-order valence-electron chi connectivity index (χ2n) is 7.49. The molecular weight excluding hydrogens is 388 g/mol. The Morgan fingerprint density at radius 3 is 2.62 bits per heavy atom. The summed E-state index contributed by atoms with van der Waals surface area (Å²) in [6.45, 7) is 4.28. The van der Waals surface area contributed by atoms with E-state index in [9.17, 15) is 9.59 Å². The van der Waals surface area contributed by atoms with Crippen LogP contribution < -0.4 is 0 Å². The predicted molar refractivity (Wildman–Crippen MR) is 106 cm³/mol. The van der Waals surface area contributed by atoms with E-state index in [0.29, 0.717) is 11.1 Å². The van der Waals surface area contributed by atoms with Crippen molar-refractivity contribution in [2.75, 3.05) is 0 Å². The fourth-order valence-electron chi connectivity index (χ4n) is 4.31. The van der Waals surface area contributed by atoms with E-state index in [1.165, 1.54) is 5.56 Å². The number of allylic oxidation sites excluding steroid dienone is 11. The van der Waals surface area contributed by atoms with Crippen molar-refractivity contribution in [3.8, 4) is 0 Å². The monoisotopic (exact) mass is 402 g/mol. The summed E-state index contributed by atoms with van der Waals surface area (Å²) in [4.78, 5) is 25.7. The highest BCUT2D eigenvalue weighted by molar-refractivity contribution is 9.10. The van der Waals surface area contributed by atoms with Crippen LogP contribution in [0.15, 0.2) is 86.5 Å². The molecule has 0 aromatic heterocycles. The van der Waals surface area contributed by atoms with Crippen molar-refractivity contribution in [1.82, 2.24) is 0 Å². The molecule has 0 saturated heterocycles. The van der Waals surface area contributed by atoms with Gasteiger partial charge >= 0.3 is 0 Å². The first kappa shape index (κ1) is 15.7. The van der Waals surface area contributed by atoms with E-state index in [1.54, 1.807) is 12.2 Å². The van der Waals surface area contributed by atoms with Crippen LogP contribution in [0.2, 0.25) is 0 Å². The van der Waals surface area contributed by atoms with Crippen LogP contribution in [0.4, 0.5) is 0 Å². The van der Waals surface area contributed by atoms with Crippen LogP contribution in [0.1, 0.15) is 25.0 Å². The Hall–Kier alpha value is -2.52. The van der Waals surface area contributed by atoms with Crippen LogP contribution in [-0.4, -0.2) is 11.6 Å². The molecule has 0 saturated carbocycles. The molecule has 0 heterocycles. The zero-order valence-electron chi connectivity index (χ0n) is 14.4. The van der Waals surface area contributed by atoms with E-state index in [1.807, 2.05) is 30.4 Å². The summed E-state index contributed by atoms with van der Waals surface area (Å²) in [6.07, 6.45) is 11.1. The summed E-state index contributed by atoms with van der Waals surface area (Å²) in [6, 6.07) is 6.16. The van der Waals surface area contributed by atoms with Gasteiger partial charge in [0.15, 0.2) is 11.6 Å². The SMILES string of the molecule is CC1(C)C2=CC3=C4C(=O)C=CC=C4C=C3C(=O)C2=Cc2ccc(Br)cc21. The van der Waals surface area contributed by atoms with Crippen molar-refractivity contribution in [1.29, 1.82) is 0 Å². The van der Waals surface area contributed by atoms with Gasteiger partial charge in [0.25, 0.3) is 0 Å². The van der Waals surface area contributed by atoms with Crippen molar-refractivity contribution >= 4 is 33.6 Å². The van der Waals surface area contributed by atoms with Crippen molar-refractivity contribution in [3.05, 3.63) is 97.6 Å². The number of fused-ring (bicyclic) bond motifs is 4. The van der Waals surface area contributed by atoms with Gasteiger partial charge in [0.2, 0.25) is 0 Å². The Balaban J connectivity index is 1.82. The van der Waals surface area contributed by atoms with Crippen molar-refractivity contribution in [2.45, 2.75) is 19.3 Å². The lowest BCUT2D eigenvalue weighted by Crippen LogP contribution is -2.31. The first-order chi connectivity index (χ1) is 12.4. The number of hydrogen-bond donors (Lipinski definition) is 0. The molecule has 0 radical (unpaired) electrons. The molecule has 5 rings (SSSR count). The average Bonchev–Trinajstić information content (AvgIpc) is 2.98. The van der Waals surface area contributed by atoms with Gasteiger partial charge in [-0.15, -0.1) is 0 Å². The first-order valence-electron chi connectivity index (χ1n) is 8.56. The second-order valence-corrected chi connectivity index (χ2v) is 8.41. The third-order valence-electron chi connectivity index (χ3n) is 5.65. The summed E-state index contributed by atoms with van der Waals surface area (Å²) in [5.74, 6) is -0.0210. The lowest BCUT2D eigenvalue weighted by Gasteiger charge is -2.37. The van der Waals surface area contributed by atoms with Gasteiger partial charge in [0, 0.05) is 26.6 Å². The Morgan fingerprint density at radius 1 is 1.00 bits per heavy atom. The molecule has 0 N–H and O–H groups in total. The maximum Gasteiger partial charge on any atom is 0.194 e. The fraction of sp³-hybridized carbons (Fsp3) is 0.130. The van der Waals surface area contributed by atoms with E-state index in [-0.39, 0.29) is 17.0 Å². The van der Waals surface area contributed by atoms with Gasteiger partial charge in [-0.25, -0.2) is 0 Å². The zero-order chi connectivity index (χ0) is 18.2. The largest absolute Gasteiger partial charge is 0.289 e. The Bertz CT molecular complexity index is 1130. The van der Waals surface area contributed by atoms with Crippen LogP contribution in [-0.2, 0) is 15.0 Å². The van der Waals surface area contributed by atoms with Gasteiger partial charge in [-0.3, -0.25) is 9.59 Å². The molecule has 4 aliphatic carbocycles. The van der Waals surface area contributed by atoms with Crippen LogP contribution in [0.3, 0.4) is 0 Å². The van der Waals surface area contributed by atoms with Crippen LogP contribution in [0, 0.1) is 0 Å². The minimum absolute atomic E-state index is 0.00902. The molecule has 4 aliphatic rings. The number of ketones is 2. The number of rotatable bonds is 0. The maximum absolute atomic E-state index is 13.3. The highest BCUT2D eigenvalue weighted by atomic mass is 79.9. The van der Waals surface area contributed by atoms with E-state index >= 15 is 0 Å². The molecule has 3 heteroatoms. The quantitative estimate of drug-likeness (QED) is 0.615. The van der Waals surface area contributed by atoms with Gasteiger partial charge in [-0.2, -0.15) is 0 Å². The first-order valence-corrected chi connectivity index (χ1v) is 9.35. The molecule has 1 aromatic carbocycles. The molecular formula is C23H15BrO2. The zero-order valence-corrected chi connectivity index (χ0v) is 16.0. The lowest BCUT2D eigenvalue weighted by atomic mass is 9.65. The number of carbonyl (C=O) groups excluding carboxylic acids is 2. The highest BCUT2D eigenvalue weighted by Crippen LogP contribution is 2.50. The van der Waals surface area contributed by atoms with E-state index in [0.717, 1.165) is 32.3 Å². The predicted octanol–water partition coefficient (Wildman–Crippen LogP) is 4.93. The Kier molecular flexibility index (Phi) is 3.03. The van der Waals surface area contributed by atoms with E-state index < -0.39 is 0 Å². The Morgan fingerprint density at radius 2 is 1.81 bits per heavy atom. The topological polar surface area (TPSA) is 34.1 Å². The summed E-state index contributed by atoms with van der Waals surface area (Å²) in [5, 5.41) is 0. The standard InChI is InChI=1S/C23H15BrO2/c1-23(2)18-10-14(24)7-6-12(18)8-17-19(23)11-15-16(22(17)26)9-13-4-3-5-20(25)21(13)15/h3-11H,1-2H3. The molecule has 1 aromatic rings. The Labute approximate surface area is 160 Å². The number of Topliss-reactive ketones (excluding diaryl/α,β-unsaturated/α-hetero) is 1. The molecule has 0 unspecified atom stereocenters. The number of halogens is 1. The molecule has 126 valence electrons. The summed E-state index contributed by atoms with van der Waals surface area (Å²) in [5.41, 5.74) is 6.54. The van der Waals surface area contributed by atoms with E-state index in [4.69, 9.17) is 0 Å². The lowest BCUT2D eigenvalue weighted by molar-refractivity contribution is -0.112. The summed E-state index contributed by atoms with van der Waals surface area (Å²) in [7, 11) is 0. The van der Waals surface area contributed by atoms with Gasteiger partial charge < -0.3 is 0 Å². The summed E-state index contributed by atoms with van der Waals surface area (Å²) < 4.78 is 1.02. The molecule has 0 amide bonds. The maximum atomic E-state index is 13.3. The van der Waals surface area contributed by atoms with E-state index in [2.05, 4.69) is 41.9 Å². The molecule has 0 bridgehead atoms. The summed E-state index contributed by atoms with van der Waals surface area (Å²) >= 11 is 3.56. The smallest absolute Gasteiger partial charge is 0.194 e. The van der Waals surface area contributed by atoms with Crippen molar-refractivity contribution < 1.29 is 9.59 Å². The van der Waals surface area contributed by atoms with Gasteiger partial charge in [-0.05, 0) is 64.3 Å². The molecule has 26 heavy (non-hydrogen) atoms. The van der Waals surface area contributed by atoms with Gasteiger partial charge in [0.05, 0.1) is 0 Å². The van der Waals surface area contributed by atoms with Gasteiger partial charge in [0.1, 0.15) is 0 Å². The highest BCUT2D eigenvalue weighted by Gasteiger charge is 2.42. The second kappa shape index (κ2) is 5.01. The molecule has 0 atom stereocenters. The number of carbonyl (C=O) groups is 2. The molecule has 2 nitrogen and oxygen atoms in total. The van der Waals surface area contributed by atoms with Crippen LogP contribution in [0.25, 0.3) is 6.08 Å². The van der Waals surface area contributed by atoms with Crippen LogP contribution >= 0.6 is 15.9 Å². The number of benzene rings is 1. The number of hydrogen-bond acceptors (Lipinski definition) is 2. The normalized spacial score (nSPS) is 22.0. The third kappa shape index (κ3) is 1.92. The molecule has 0 fully saturated rings. The molecule has 0 aliphatic heterocycles. The average molecular weight is 403 g/mol.